The van der Waals surface area contributed by atoms with Crippen molar-refractivity contribution in [1.29, 1.82) is 0 Å². The molecule has 5 heteroatoms. The van der Waals surface area contributed by atoms with Gasteiger partial charge < -0.3 is 8.83 Å². The smallest absolute Gasteiger partial charge is 0.396 e. The van der Waals surface area contributed by atoms with Crippen molar-refractivity contribution in [1.82, 2.24) is 0 Å². The Kier molecular flexibility index (Phi) is 6.03. The predicted octanol–water partition coefficient (Wildman–Crippen LogP) is 2.35. The maximum absolute atomic E-state index is 10.5. The summed E-state index contributed by atoms with van der Waals surface area (Å²) in [6.45, 7) is 7.08. The second kappa shape index (κ2) is 6.48. The third-order valence-electron chi connectivity index (χ3n) is 1.24. The summed E-state index contributed by atoms with van der Waals surface area (Å²) in [4.78, 5) is 21.1. The first-order valence-electron chi connectivity index (χ1n) is 4.32. The highest BCUT2D eigenvalue weighted by atomic mass is 32.2. The lowest BCUT2D eigenvalue weighted by Gasteiger charge is -1.90. The summed E-state index contributed by atoms with van der Waals surface area (Å²) in [7, 11) is 0. The highest BCUT2D eigenvalue weighted by molar-refractivity contribution is 8.12. The van der Waals surface area contributed by atoms with Gasteiger partial charge in [0.1, 0.15) is 5.76 Å². The third-order valence-corrected chi connectivity index (χ3v) is 2.06. The Hall–Kier alpha value is -0.970. The topological polar surface area (TPSA) is 60.4 Å². The van der Waals surface area contributed by atoms with Crippen LogP contribution in [0.15, 0.2) is 13.6 Å². The number of thioether (sulfide) groups is 1. The largest absolute Gasteiger partial charge is 0.519 e. The molecule has 0 bridgehead atoms. The van der Waals surface area contributed by atoms with E-state index in [9.17, 15) is 9.59 Å². The molecule has 4 nitrogen and oxygen atoms in total. The minimum atomic E-state index is -0.716. The van der Waals surface area contributed by atoms with Gasteiger partial charge in [0.05, 0.1) is 5.75 Å². The molecular weight excluding hydrogens is 204 g/mol. The molecule has 1 aromatic heterocycles. The van der Waals surface area contributed by atoms with Crippen molar-refractivity contribution in [2.45, 2.75) is 33.4 Å². The lowest BCUT2D eigenvalue weighted by atomic mass is 10.4. The van der Waals surface area contributed by atoms with Crippen LogP contribution in [0.5, 0.6) is 0 Å². The highest BCUT2D eigenvalue weighted by Crippen LogP contribution is 2.14. The van der Waals surface area contributed by atoms with E-state index >= 15 is 0 Å². The first-order valence-corrected chi connectivity index (χ1v) is 5.31. The van der Waals surface area contributed by atoms with Gasteiger partial charge >= 0.3 is 5.82 Å². The zero-order valence-corrected chi connectivity index (χ0v) is 9.56. The Morgan fingerprint density at radius 1 is 1.36 bits per heavy atom. The summed E-state index contributed by atoms with van der Waals surface area (Å²) in [5.41, 5.74) is 0. The molecule has 0 spiro atoms. The molecule has 0 unspecified atom stereocenters. The quantitative estimate of drug-likeness (QED) is 0.762. The zero-order chi connectivity index (χ0) is 11.1. The van der Waals surface area contributed by atoms with Gasteiger partial charge in [-0.05, 0) is 6.92 Å². The fourth-order valence-electron chi connectivity index (χ4n) is 0.673. The van der Waals surface area contributed by atoms with Crippen LogP contribution in [0.25, 0.3) is 0 Å². The van der Waals surface area contributed by atoms with E-state index in [1.807, 2.05) is 13.8 Å². The molecule has 14 heavy (non-hydrogen) atoms. The minimum absolute atomic E-state index is 0.0155. The van der Waals surface area contributed by atoms with E-state index in [0.717, 1.165) is 11.8 Å². The van der Waals surface area contributed by atoms with Crippen molar-refractivity contribution in [2.75, 3.05) is 0 Å². The summed E-state index contributed by atoms with van der Waals surface area (Å²) in [5, 5.41) is -0.0155. The number of aryl methyl sites for hydroxylation is 1. The van der Waals surface area contributed by atoms with Crippen LogP contribution >= 0.6 is 11.8 Å². The number of rotatable bonds is 2. The average molecular weight is 218 g/mol. The summed E-state index contributed by atoms with van der Waals surface area (Å²) in [6.07, 6.45) is 0. The van der Waals surface area contributed by atoms with Crippen molar-refractivity contribution in [3.63, 3.8) is 0 Å². The lowest BCUT2D eigenvalue weighted by molar-refractivity contribution is -0.109. The van der Waals surface area contributed by atoms with Crippen LogP contribution in [-0.2, 0) is 10.5 Å². The molecule has 1 heterocycles. The Balaban J connectivity index is 0.000000791. The van der Waals surface area contributed by atoms with Gasteiger partial charge in [-0.2, -0.15) is 0 Å². The summed E-state index contributed by atoms with van der Waals surface area (Å²) in [6, 6.07) is 0. The molecule has 1 rings (SSSR count). The normalized spacial score (nSPS) is 9.14. The van der Waals surface area contributed by atoms with Gasteiger partial charge in [-0.25, -0.2) is 4.79 Å². The lowest BCUT2D eigenvalue weighted by Crippen LogP contribution is -1.87. The molecule has 0 saturated heterocycles. The van der Waals surface area contributed by atoms with Crippen LogP contribution in [0, 0.1) is 6.92 Å². The molecule has 80 valence electrons. The number of hydrogen-bond acceptors (Lipinski definition) is 5. The van der Waals surface area contributed by atoms with Crippen molar-refractivity contribution >= 4 is 16.9 Å². The van der Waals surface area contributed by atoms with Crippen LogP contribution in [0.4, 0.5) is 0 Å². The van der Waals surface area contributed by atoms with Crippen LogP contribution in [0.3, 0.4) is 0 Å². The van der Waals surface area contributed by atoms with Gasteiger partial charge in [0.15, 0.2) is 10.9 Å². The van der Waals surface area contributed by atoms with E-state index in [-0.39, 0.29) is 5.12 Å². The van der Waals surface area contributed by atoms with Gasteiger partial charge in [-0.3, -0.25) is 4.79 Å². The summed E-state index contributed by atoms with van der Waals surface area (Å²) >= 11 is 1.08. The van der Waals surface area contributed by atoms with E-state index in [1.54, 1.807) is 6.92 Å². The maximum Gasteiger partial charge on any atom is 0.519 e. The van der Waals surface area contributed by atoms with Gasteiger partial charge in [0.2, 0.25) is 0 Å². The minimum Gasteiger partial charge on any atom is -0.396 e. The number of carbonyl (C=O) groups is 1. The molecule has 0 aliphatic heterocycles. The molecule has 0 aliphatic rings. The predicted molar refractivity (Wildman–Crippen MR) is 55.3 cm³/mol. The first-order chi connectivity index (χ1) is 6.59. The standard InChI is InChI=1S/C7H8O4S.C2H6/c1-4-6(3-12-5(2)8)11-7(9)10-4;1-2/h3H2,1-2H3;1-2H3. The molecule has 0 aromatic carbocycles. The molecular formula is C9H14O4S. The second-order valence-corrected chi connectivity index (χ2v) is 3.37. The number of carbonyl (C=O) groups excluding carboxylic acids is 1. The van der Waals surface area contributed by atoms with Crippen molar-refractivity contribution in [3.05, 3.63) is 22.1 Å². The van der Waals surface area contributed by atoms with Crippen LogP contribution < -0.4 is 5.82 Å². The molecule has 0 fully saturated rings. The Morgan fingerprint density at radius 2 is 1.93 bits per heavy atom. The molecule has 0 atom stereocenters. The van der Waals surface area contributed by atoms with Crippen LogP contribution in [0.1, 0.15) is 32.3 Å². The van der Waals surface area contributed by atoms with E-state index in [4.69, 9.17) is 0 Å². The van der Waals surface area contributed by atoms with Gasteiger partial charge in [0.25, 0.3) is 0 Å². The van der Waals surface area contributed by atoms with Crippen LogP contribution in [-0.4, -0.2) is 5.12 Å². The molecule has 0 aliphatic carbocycles. The fourth-order valence-corrected chi connectivity index (χ4v) is 1.27. The molecule has 0 amide bonds. The SMILES string of the molecule is CC.CC(=O)SCc1oc(=O)oc1C. The number of hydrogen-bond donors (Lipinski definition) is 0. The summed E-state index contributed by atoms with van der Waals surface area (Å²) in [5.74, 6) is 0.507. The van der Waals surface area contributed by atoms with E-state index in [1.165, 1.54) is 6.92 Å². The Bertz CT molecular complexity index is 337. The van der Waals surface area contributed by atoms with Crippen molar-refractivity contribution in [2.24, 2.45) is 0 Å². The fraction of sp³-hybridized carbons (Fsp3) is 0.556. The third kappa shape index (κ3) is 4.32. The molecule has 0 radical (unpaired) electrons. The van der Waals surface area contributed by atoms with Gasteiger partial charge in [-0.1, -0.05) is 25.6 Å². The first kappa shape index (κ1) is 13.0. The molecule has 0 N–H and O–H groups in total. The molecule has 0 saturated carbocycles. The van der Waals surface area contributed by atoms with E-state index in [2.05, 4.69) is 8.83 Å². The highest BCUT2D eigenvalue weighted by Gasteiger charge is 2.08. The van der Waals surface area contributed by atoms with Gasteiger partial charge in [0, 0.05) is 6.92 Å². The van der Waals surface area contributed by atoms with Crippen molar-refractivity contribution < 1.29 is 13.6 Å². The monoisotopic (exact) mass is 218 g/mol. The van der Waals surface area contributed by atoms with Crippen LogP contribution in [0.2, 0.25) is 0 Å². The zero-order valence-electron chi connectivity index (χ0n) is 8.75. The Morgan fingerprint density at radius 3 is 2.29 bits per heavy atom. The maximum atomic E-state index is 10.5. The van der Waals surface area contributed by atoms with E-state index < -0.39 is 5.82 Å². The van der Waals surface area contributed by atoms with Gasteiger partial charge in [-0.15, -0.1) is 0 Å². The Labute approximate surface area is 86.7 Å². The summed E-state index contributed by atoms with van der Waals surface area (Å²) < 4.78 is 9.27. The van der Waals surface area contributed by atoms with E-state index in [0.29, 0.717) is 17.3 Å². The average Bonchev–Trinajstić information content (AvgIpc) is 2.45. The van der Waals surface area contributed by atoms with Crippen molar-refractivity contribution in [3.8, 4) is 0 Å². The molecule has 1 aromatic rings. The second-order valence-electron chi connectivity index (χ2n) is 2.21.